The molecule has 13 rings (SSSR count). The molecule has 5 aliphatic heterocycles. The zero-order valence-electron chi connectivity index (χ0n) is 71.0. The number of benzene rings is 8. The minimum atomic E-state index is -5.00. The van der Waals surface area contributed by atoms with E-state index in [-0.39, 0.29) is 88.8 Å². The minimum absolute atomic E-state index is 0. The van der Waals surface area contributed by atoms with E-state index in [1.807, 2.05) is 208 Å². The molecule has 121 heavy (non-hydrogen) atoms. The molecule has 2 N–H and O–H groups in total. The summed E-state index contributed by atoms with van der Waals surface area (Å²) >= 11 is 0. The Morgan fingerprint density at radius 1 is 0.471 bits per heavy atom. The summed E-state index contributed by atoms with van der Waals surface area (Å²) in [6, 6.07) is 65.6. The predicted molar refractivity (Wildman–Crippen MR) is 450 cm³/mol. The van der Waals surface area contributed by atoms with E-state index in [2.05, 4.69) is 50.0 Å². The molecular formula is C92H118N2O24S2V. The smallest absolute Gasteiger partial charge is 0.400 e. The third kappa shape index (κ3) is 28.0. The molecule has 8 aromatic carbocycles. The third-order valence-corrected chi connectivity index (χ3v) is 23.9. The van der Waals surface area contributed by atoms with Crippen LogP contribution in [-0.2, 0) is 139 Å². The van der Waals surface area contributed by atoms with Crippen LogP contribution in [0.15, 0.2) is 206 Å². The van der Waals surface area contributed by atoms with E-state index in [1.165, 1.54) is 12.0 Å². The van der Waals surface area contributed by atoms with Crippen LogP contribution in [0.1, 0.15) is 111 Å². The molecule has 0 bridgehead atoms. The normalized spacial score (nSPS) is 25.0. The molecule has 0 aromatic heterocycles. The second kappa shape index (κ2) is 47.5. The first-order valence-corrected chi connectivity index (χ1v) is 43.6. The molecule has 1 radical (unpaired) electrons. The van der Waals surface area contributed by atoms with Crippen LogP contribution in [-0.4, -0.2) is 182 Å². The number of methoxy groups -OCH3 is 6. The van der Waals surface area contributed by atoms with Gasteiger partial charge in [-0.3, -0.25) is 9.45 Å². The summed E-state index contributed by atoms with van der Waals surface area (Å²) in [4.78, 5) is 2.32. The van der Waals surface area contributed by atoms with E-state index in [4.69, 9.17) is 88.3 Å². The third-order valence-electron chi connectivity index (χ3n) is 22.6. The van der Waals surface area contributed by atoms with Crippen molar-refractivity contribution in [1.29, 1.82) is 0 Å². The molecule has 5 heterocycles. The zero-order chi connectivity index (χ0) is 85.1. The van der Waals surface area contributed by atoms with Gasteiger partial charge in [-0.25, -0.2) is 12.5 Å². The van der Waals surface area contributed by atoms with Crippen LogP contribution in [0.3, 0.4) is 0 Å². The first kappa shape index (κ1) is 95.6. The van der Waals surface area contributed by atoms with Crippen molar-refractivity contribution in [2.75, 3.05) is 82.1 Å². The SMILES string of the molecule is CC[C@@H]1[C@@H](C)[C@H](OCc2ccc(OC)cc2)CN1C[C@@H](C)[C@@H](OS(=O)(=O)O)[C@H](OCc1ccc(OC)cc1)[C@@H]1OC(c2ccccc2)OC[C@@H]1OCc1ccc(OC)cc1.CC[C@H]1NC[C@@H](OCc2ccc(OC)cc2)[C@@H]1C.COc1ccc(CO[C@@H]([C@@H]2OS(=O)(=O)OC[C@H]2C)[C@@H]2OC(c3ccccc3)OC[C@@H]2OCc2ccc(OC)cc2)cc1.[V]. The van der Waals surface area contributed by atoms with Crippen molar-refractivity contribution < 1.29 is 128 Å². The fraction of sp³-hybridized carbons (Fsp3) is 0.478. The maximum Gasteiger partial charge on any atom is 0.400 e. The van der Waals surface area contributed by atoms with E-state index in [1.54, 1.807) is 42.7 Å². The Balaban J connectivity index is 0.000000217. The molecule has 5 aliphatic rings. The molecule has 0 saturated carbocycles. The van der Waals surface area contributed by atoms with Crippen molar-refractivity contribution >= 4 is 20.8 Å². The van der Waals surface area contributed by atoms with Crippen LogP contribution >= 0.6 is 0 Å². The predicted octanol–water partition coefficient (Wildman–Crippen LogP) is 14.6. The van der Waals surface area contributed by atoms with Crippen LogP contribution in [0.5, 0.6) is 34.5 Å². The average Bonchev–Trinajstić information content (AvgIpc) is 1.49. The molecule has 0 spiro atoms. The first-order chi connectivity index (χ1) is 58.1. The molecular weight excluding hydrogens is 1630 g/mol. The van der Waals surface area contributed by atoms with Gasteiger partial charge in [-0.15, -0.1) is 0 Å². The maximum absolute atomic E-state index is 12.8. The van der Waals surface area contributed by atoms with E-state index >= 15 is 0 Å². The van der Waals surface area contributed by atoms with Crippen molar-refractivity contribution in [1.82, 2.24) is 10.2 Å². The van der Waals surface area contributed by atoms with Gasteiger partial charge in [0.1, 0.15) is 83.3 Å². The molecule has 8 aromatic rings. The fourth-order valence-corrected chi connectivity index (χ4v) is 17.2. The molecule has 18 atom stereocenters. The summed E-state index contributed by atoms with van der Waals surface area (Å²) in [6.45, 7) is 16.6. The van der Waals surface area contributed by atoms with Crippen LogP contribution in [0.25, 0.3) is 0 Å². The van der Waals surface area contributed by atoms with Crippen LogP contribution in [0, 0.1) is 23.7 Å². The van der Waals surface area contributed by atoms with Gasteiger partial charge >= 0.3 is 20.8 Å². The minimum Gasteiger partial charge on any atom is -0.497 e. The number of nitrogens with one attached hydrogen (secondary N) is 1. The Morgan fingerprint density at radius 3 is 1.24 bits per heavy atom. The van der Waals surface area contributed by atoms with Gasteiger partial charge in [0.15, 0.2) is 12.6 Å². The summed E-state index contributed by atoms with van der Waals surface area (Å²) in [5, 5.41) is 3.52. The van der Waals surface area contributed by atoms with Gasteiger partial charge in [0.05, 0.1) is 114 Å². The van der Waals surface area contributed by atoms with E-state index in [0.29, 0.717) is 61.6 Å². The summed E-state index contributed by atoms with van der Waals surface area (Å²) in [5.41, 5.74) is 7.30. The molecule has 29 heteroatoms. The van der Waals surface area contributed by atoms with Crippen molar-refractivity contribution in [3.05, 3.63) is 251 Å². The number of likely N-dealkylation sites (tertiary alicyclic amines) is 1. The van der Waals surface area contributed by atoms with Gasteiger partial charge in [0.25, 0.3) is 0 Å². The van der Waals surface area contributed by atoms with E-state index in [9.17, 15) is 21.4 Å². The van der Waals surface area contributed by atoms with Crippen LogP contribution in [0.4, 0.5) is 0 Å². The zero-order valence-corrected chi connectivity index (χ0v) is 74.0. The standard InChI is InChI=1S/C46H59NO12S.C31H36O10S.C15H23NO2.V/c1-7-40-32(3)41(54-27-33-13-19-37(51-4)20-14-33)26-47(40)25-31(2)43(59-60(48,49)50)45(56-29-35-17-23-39(53-6)24-18-35)44-42(55-28-34-15-21-38(52-5)22-16-34)30-57-46(58-44)36-11-9-8-10-12-36;1-21-17-39-42(32,33)41-28(21)30(37-19-23-11-15-26(35-3)16-12-23)29-27(36-18-22-9-13-25(34-2)14-10-22)20-38-31(40-29)24-7-5-4-6-8-24;1-4-14-11(2)15(9-16-14)18-10-12-5-7-13(17-3)8-6-12;/h8-24,31-32,40-46H,7,25-30H2,1-6H3,(H,48,49,50);4-16,21,27-31H,17-20H2,1-3H3;5-8,11,14-16H,4,9-10H2,1-3H3;/t31-,32-,40-,41-,42+,43-,44-,45+,46?;21-,27+,28-,29-,30+,31?;11-,14-,15-;/m111./s1. The second-order valence-corrected chi connectivity index (χ2v) is 33.0. The number of rotatable bonds is 37. The Morgan fingerprint density at radius 2 is 0.851 bits per heavy atom. The van der Waals surface area contributed by atoms with Crippen LogP contribution < -0.4 is 33.7 Å². The second-order valence-electron chi connectivity index (χ2n) is 30.7. The summed E-state index contributed by atoms with van der Waals surface area (Å²) in [7, 11) is 0.522. The van der Waals surface area contributed by atoms with E-state index in [0.717, 1.165) is 69.2 Å². The Bertz CT molecular complexity index is 4540. The molecule has 5 saturated heterocycles. The monoisotopic (exact) mass is 1750 g/mol. The quantitative estimate of drug-likeness (QED) is 0.0342. The average molecular weight is 1750 g/mol. The van der Waals surface area contributed by atoms with Gasteiger partial charge in [-0.2, -0.15) is 16.8 Å². The van der Waals surface area contributed by atoms with Crippen molar-refractivity contribution in [3.8, 4) is 34.5 Å². The van der Waals surface area contributed by atoms with Crippen molar-refractivity contribution in [2.24, 2.45) is 23.7 Å². The van der Waals surface area contributed by atoms with Crippen molar-refractivity contribution in [3.63, 3.8) is 0 Å². The summed E-state index contributed by atoms with van der Waals surface area (Å²) in [5.74, 6) is 4.46. The topological polar surface area (TPSA) is 279 Å². The number of hydrogen-bond donors (Lipinski definition) is 2. The van der Waals surface area contributed by atoms with Gasteiger partial charge in [-0.1, -0.05) is 175 Å². The number of ether oxygens (including phenoxy) is 16. The Kier molecular flexibility index (Phi) is 37.5. The summed E-state index contributed by atoms with van der Waals surface area (Å²) < 4.78 is 173. The van der Waals surface area contributed by atoms with Gasteiger partial charge in [0, 0.05) is 67.3 Å². The maximum atomic E-state index is 12.8. The van der Waals surface area contributed by atoms with Gasteiger partial charge in [0.2, 0.25) is 0 Å². The Hall–Kier alpha value is -7.60. The van der Waals surface area contributed by atoms with Gasteiger partial charge < -0.3 is 81.1 Å². The molecule has 2 unspecified atom stereocenters. The summed E-state index contributed by atoms with van der Waals surface area (Å²) in [6.07, 6.45) is -6.32. The van der Waals surface area contributed by atoms with Crippen molar-refractivity contribution in [2.45, 2.75) is 180 Å². The fourth-order valence-electron chi connectivity index (χ4n) is 15.6. The Labute approximate surface area is 725 Å². The number of nitrogens with zero attached hydrogens (tertiary/aromatic N) is 1. The molecule has 657 valence electrons. The first-order valence-electron chi connectivity index (χ1n) is 40.9. The number of hydrogen-bond acceptors (Lipinski definition) is 25. The van der Waals surface area contributed by atoms with Crippen LogP contribution in [0.2, 0.25) is 0 Å². The molecule has 0 aliphatic carbocycles. The van der Waals surface area contributed by atoms with Gasteiger partial charge in [-0.05, 0) is 137 Å². The molecule has 5 fully saturated rings. The molecule has 0 amide bonds. The largest absolute Gasteiger partial charge is 0.497 e. The molecule has 26 nitrogen and oxygen atoms in total. The van der Waals surface area contributed by atoms with E-state index < -0.39 is 88.1 Å².